The maximum atomic E-state index is 13.2. The average Bonchev–Trinajstić information content (AvgIpc) is 3.12. The number of benzene rings is 1. The molecule has 31 heavy (non-hydrogen) atoms. The number of nitrogens with zero attached hydrogens (tertiary/aromatic N) is 4. The fourth-order valence-corrected chi connectivity index (χ4v) is 3.96. The number of halogens is 3. The van der Waals surface area contributed by atoms with Gasteiger partial charge in [-0.2, -0.15) is 18.3 Å². The first kappa shape index (κ1) is 21.5. The van der Waals surface area contributed by atoms with Gasteiger partial charge in [-0.1, -0.05) is 12.1 Å². The first-order valence-electron chi connectivity index (χ1n) is 9.98. The van der Waals surface area contributed by atoms with E-state index in [-0.39, 0.29) is 12.3 Å². The van der Waals surface area contributed by atoms with Crippen LogP contribution in [0.4, 0.5) is 13.2 Å². The van der Waals surface area contributed by atoms with Crippen molar-refractivity contribution in [2.24, 2.45) is 7.05 Å². The van der Waals surface area contributed by atoms with E-state index in [4.69, 9.17) is 4.74 Å². The lowest BCUT2D eigenvalue weighted by atomic mass is 10.00. The fourth-order valence-electron chi connectivity index (χ4n) is 3.96. The van der Waals surface area contributed by atoms with Crippen LogP contribution >= 0.6 is 0 Å². The number of ketones is 1. The molecule has 0 N–H and O–H groups in total. The molecule has 1 saturated heterocycles. The number of hydrogen-bond acceptors (Lipinski definition) is 5. The third-order valence-electron chi connectivity index (χ3n) is 5.36. The second kappa shape index (κ2) is 8.05. The average molecular weight is 432 g/mol. The molecule has 1 aliphatic heterocycles. The van der Waals surface area contributed by atoms with E-state index in [1.54, 1.807) is 28.8 Å². The Kier molecular flexibility index (Phi) is 5.57. The zero-order chi connectivity index (χ0) is 22.3. The van der Waals surface area contributed by atoms with Crippen LogP contribution in [-0.2, 0) is 18.3 Å². The van der Waals surface area contributed by atoms with Crippen LogP contribution in [0.1, 0.15) is 29.9 Å². The molecule has 0 amide bonds. The summed E-state index contributed by atoms with van der Waals surface area (Å²) in [6.45, 7) is 3.63. The van der Waals surface area contributed by atoms with Crippen molar-refractivity contribution in [1.29, 1.82) is 0 Å². The number of carbonyl (C=O) groups excluding carboxylic acids is 1. The standard InChI is InChI=1S/C22H23F3N4O2/c1-13-9-29(12-21(31-13)22(23,24)25)10-15-4-5-17-18(16-8-26-28(3)11-16)7-19(14(2)30)27-20(17)6-15/h4-8,11,13,21H,9-10,12H2,1-3H3/t13-,21-/m0/s1. The highest BCUT2D eigenvalue weighted by Crippen LogP contribution is 2.31. The summed E-state index contributed by atoms with van der Waals surface area (Å²) in [6, 6.07) is 7.37. The maximum absolute atomic E-state index is 13.2. The van der Waals surface area contributed by atoms with Crippen molar-refractivity contribution in [2.75, 3.05) is 13.1 Å². The van der Waals surface area contributed by atoms with Crippen LogP contribution in [0.15, 0.2) is 36.7 Å². The number of carbonyl (C=O) groups is 1. The Bertz CT molecular complexity index is 1130. The van der Waals surface area contributed by atoms with Crippen molar-refractivity contribution >= 4 is 16.7 Å². The van der Waals surface area contributed by atoms with E-state index in [9.17, 15) is 18.0 Å². The first-order valence-corrected chi connectivity index (χ1v) is 9.98. The fraction of sp³-hybridized carbons (Fsp3) is 0.409. The summed E-state index contributed by atoms with van der Waals surface area (Å²) in [4.78, 5) is 18.3. The number of morpholine rings is 1. The van der Waals surface area contributed by atoms with E-state index < -0.39 is 18.4 Å². The summed E-state index contributed by atoms with van der Waals surface area (Å²) in [6.07, 6.45) is -3.12. The molecule has 1 aliphatic rings. The minimum atomic E-state index is -4.40. The number of rotatable bonds is 4. The highest BCUT2D eigenvalue weighted by Gasteiger charge is 2.44. The molecule has 3 aromatic rings. The topological polar surface area (TPSA) is 60.2 Å². The molecule has 0 bridgehead atoms. The molecule has 3 heterocycles. The highest BCUT2D eigenvalue weighted by molar-refractivity contribution is 6.01. The van der Waals surface area contributed by atoms with Gasteiger partial charge in [0.1, 0.15) is 5.69 Å². The van der Waals surface area contributed by atoms with Crippen LogP contribution in [0, 0.1) is 0 Å². The normalized spacial score (nSPS) is 20.3. The van der Waals surface area contributed by atoms with Crippen LogP contribution in [-0.4, -0.2) is 56.9 Å². The Balaban J connectivity index is 1.68. The van der Waals surface area contributed by atoms with Gasteiger partial charge < -0.3 is 4.74 Å². The second-order valence-electron chi connectivity index (χ2n) is 8.04. The van der Waals surface area contributed by atoms with E-state index in [2.05, 4.69) is 10.1 Å². The predicted octanol–water partition coefficient (Wildman–Crippen LogP) is 3.99. The number of Topliss-reactive ketones (excluding diaryl/α,β-unsaturated/α-hetero) is 1. The van der Waals surface area contributed by atoms with Crippen molar-refractivity contribution in [3.05, 3.63) is 47.9 Å². The van der Waals surface area contributed by atoms with Crippen LogP contribution in [0.2, 0.25) is 0 Å². The first-order chi connectivity index (χ1) is 14.6. The molecule has 0 spiro atoms. The molecule has 2 atom stereocenters. The molecule has 164 valence electrons. The van der Waals surface area contributed by atoms with Gasteiger partial charge in [0.25, 0.3) is 0 Å². The summed E-state index contributed by atoms with van der Waals surface area (Å²) in [5.74, 6) is -0.160. The Morgan fingerprint density at radius 3 is 2.68 bits per heavy atom. The van der Waals surface area contributed by atoms with Crippen LogP contribution in [0.25, 0.3) is 22.0 Å². The zero-order valence-electron chi connectivity index (χ0n) is 17.5. The summed E-state index contributed by atoms with van der Waals surface area (Å²) < 4.78 is 46.2. The second-order valence-corrected chi connectivity index (χ2v) is 8.04. The summed E-state index contributed by atoms with van der Waals surface area (Å²) >= 11 is 0. The molecular formula is C22H23F3N4O2. The van der Waals surface area contributed by atoms with Gasteiger partial charge >= 0.3 is 6.18 Å². The molecule has 0 aliphatic carbocycles. The summed E-state index contributed by atoms with van der Waals surface area (Å²) in [7, 11) is 1.81. The van der Waals surface area contributed by atoms with Crippen LogP contribution in [0.3, 0.4) is 0 Å². The third-order valence-corrected chi connectivity index (χ3v) is 5.36. The van der Waals surface area contributed by atoms with Crippen molar-refractivity contribution in [2.45, 2.75) is 38.8 Å². The number of hydrogen-bond donors (Lipinski definition) is 0. The minimum absolute atomic E-state index is 0.160. The number of aromatic nitrogens is 3. The maximum Gasteiger partial charge on any atom is 0.415 e. The quantitative estimate of drug-likeness (QED) is 0.584. The van der Waals surface area contributed by atoms with E-state index in [1.165, 1.54) is 6.92 Å². The van der Waals surface area contributed by atoms with Crippen molar-refractivity contribution in [1.82, 2.24) is 19.7 Å². The molecule has 4 rings (SSSR count). The zero-order valence-corrected chi connectivity index (χ0v) is 17.5. The number of alkyl halides is 3. The Labute approximate surface area is 177 Å². The molecular weight excluding hydrogens is 409 g/mol. The van der Waals surface area contributed by atoms with Gasteiger partial charge in [0.2, 0.25) is 0 Å². The third kappa shape index (κ3) is 4.62. The number of fused-ring (bicyclic) bond motifs is 1. The Morgan fingerprint density at radius 1 is 1.26 bits per heavy atom. The SMILES string of the molecule is CC(=O)c1cc(-c2cnn(C)c2)c2ccc(CN3C[C@@H](C(F)(F)F)O[C@@H](C)C3)cc2n1. The lowest BCUT2D eigenvalue weighted by molar-refractivity contribution is -0.252. The Morgan fingerprint density at radius 2 is 2.03 bits per heavy atom. The molecule has 2 aromatic heterocycles. The number of ether oxygens (including phenoxy) is 1. The van der Waals surface area contributed by atoms with E-state index in [1.807, 2.05) is 31.4 Å². The van der Waals surface area contributed by atoms with E-state index >= 15 is 0 Å². The van der Waals surface area contributed by atoms with E-state index in [0.717, 1.165) is 22.1 Å². The van der Waals surface area contributed by atoms with Crippen LogP contribution < -0.4 is 0 Å². The van der Waals surface area contributed by atoms with Crippen molar-refractivity contribution in [3.8, 4) is 11.1 Å². The highest BCUT2D eigenvalue weighted by atomic mass is 19.4. The largest absolute Gasteiger partial charge is 0.415 e. The number of aryl methyl sites for hydroxylation is 1. The van der Waals surface area contributed by atoms with Gasteiger partial charge in [0.05, 0.1) is 17.8 Å². The van der Waals surface area contributed by atoms with Gasteiger partial charge in [0, 0.05) is 50.8 Å². The summed E-state index contributed by atoms with van der Waals surface area (Å²) in [5.41, 5.74) is 3.48. The molecule has 1 fully saturated rings. The van der Waals surface area contributed by atoms with Crippen molar-refractivity contribution in [3.63, 3.8) is 0 Å². The molecule has 0 unspecified atom stereocenters. The van der Waals surface area contributed by atoms with Gasteiger partial charge in [-0.05, 0) is 30.2 Å². The van der Waals surface area contributed by atoms with Crippen LogP contribution in [0.5, 0.6) is 0 Å². The predicted molar refractivity (Wildman–Crippen MR) is 110 cm³/mol. The number of pyridine rings is 1. The van der Waals surface area contributed by atoms with Gasteiger partial charge in [0.15, 0.2) is 11.9 Å². The molecule has 0 saturated carbocycles. The molecule has 0 radical (unpaired) electrons. The van der Waals surface area contributed by atoms with Gasteiger partial charge in [-0.3, -0.25) is 14.4 Å². The lowest BCUT2D eigenvalue weighted by Crippen LogP contribution is -2.51. The van der Waals surface area contributed by atoms with E-state index in [0.29, 0.717) is 24.3 Å². The van der Waals surface area contributed by atoms with Crippen molar-refractivity contribution < 1.29 is 22.7 Å². The lowest BCUT2D eigenvalue weighted by Gasteiger charge is -2.37. The summed E-state index contributed by atoms with van der Waals surface area (Å²) in [5, 5.41) is 5.06. The molecule has 6 nitrogen and oxygen atoms in total. The molecule has 9 heteroatoms. The minimum Gasteiger partial charge on any atom is -0.363 e. The van der Waals surface area contributed by atoms with Gasteiger partial charge in [-0.15, -0.1) is 0 Å². The monoisotopic (exact) mass is 432 g/mol. The van der Waals surface area contributed by atoms with Gasteiger partial charge in [-0.25, -0.2) is 4.98 Å². The molecule has 1 aromatic carbocycles. The Hall–Kier alpha value is -2.78. The smallest absolute Gasteiger partial charge is 0.363 e.